The number of nitrogens with zero attached hydrogens (tertiary/aromatic N) is 4. The first-order valence-corrected chi connectivity index (χ1v) is 22.7. The zero-order valence-electron chi connectivity index (χ0n) is 34.5. The summed E-state index contributed by atoms with van der Waals surface area (Å²) in [4.78, 5) is -3.91. The maximum absolute atomic E-state index is 13.2. The maximum atomic E-state index is 13.2. The van der Waals surface area contributed by atoms with E-state index in [1.54, 1.807) is 48.5 Å². The second-order valence-electron chi connectivity index (χ2n) is 13.1. The Balaban J connectivity index is 0.00000289. The molecule has 0 saturated carbocycles. The van der Waals surface area contributed by atoms with Gasteiger partial charge in [0, 0.05) is 0 Å². The van der Waals surface area contributed by atoms with Crippen molar-refractivity contribution in [3.63, 3.8) is 0 Å². The number of rotatable bonds is 10. The molecule has 20 nitrogen and oxygen atoms in total. The van der Waals surface area contributed by atoms with Crippen LogP contribution in [0.2, 0.25) is 0 Å². The van der Waals surface area contributed by atoms with Gasteiger partial charge >= 0.3 is 118 Å². The quantitative estimate of drug-likeness (QED) is 0.0562. The monoisotopic (exact) mass is 1010 g/mol. The minimum absolute atomic E-state index is 0. The summed E-state index contributed by atoms with van der Waals surface area (Å²) in [6.45, 7) is 0. The summed E-state index contributed by atoms with van der Waals surface area (Å²) < 4.78 is 133. The van der Waals surface area contributed by atoms with E-state index in [0.717, 1.165) is 11.1 Å². The third kappa shape index (κ3) is 12.5. The summed E-state index contributed by atoms with van der Waals surface area (Å²) >= 11 is 0. The van der Waals surface area contributed by atoms with Crippen molar-refractivity contribution in [1.82, 2.24) is 0 Å². The molecule has 0 aromatic heterocycles. The fourth-order valence-electron chi connectivity index (χ4n) is 6.21. The number of hydrogen-bond acceptors (Lipinski definition) is 16. The second-order valence-corrected chi connectivity index (χ2v) is 18.7. The summed E-state index contributed by atoms with van der Waals surface area (Å²) in [5, 5.41) is 64.4. The Bertz CT molecular complexity index is 3310. The molecule has 0 fully saturated rings. The van der Waals surface area contributed by atoms with Crippen molar-refractivity contribution in [3.8, 4) is 45.3 Å². The van der Waals surface area contributed by atoms with Crippen molar-refractivity contribution in [1.29, 1.82) is 0 Å². The van der Waals surface area contributed by atoms with Crippen molar-refractivity contribution in [2.45, 2.75) is 19.6 Å². The number of hydrogen-bond donors (Lipinski definition) is 4. The molecule has 0 saturated heterocycles. The van der Waals surface area contributed by atoms with Gasteiger partial charge in [-0.15, -0.1) is 21.7 Å². The SMILES string of the molecule is O=S(=O)(O)c1cc([O-])c2c([O-])c(N=Nc3ccc(-c4ccc(-c5ccc(N=Nc6c(S(=O)(=O)O)cc7cc(S(=O)(=O)O)cc([O-])c7c6[O-])cc5)cc4)cc3)c(S(=O)(=O)O)cc2c1.[Na+].[Na+].[Na+].[Na+]. The molecule has 0 aliphatic rings. The Morgan fingerprint density at radius 2 is 0.636 bits per heavy atom. The third-order valence-electron chi connectivity index (χ3n) is 9.11. The van der Waals surface area contributed by atoms with E-state index in [1.807, 2.05) is 0 Å². The van der Waals surface area contributed by atoms with E-state index >= 15 is 0 Å². The first-order chi connectivity index (χ1) is 28.9. The molecule has 0 bridgehead atoms. The van der Waals surface area contributed by atoms with Gasteiger partial charge in [0.15, 0.2) is 0 Å². The van der Waals surface area contributed by atoms with Gasteiger partial charge in [0.1, 0.15) is 9.79 Å². The van der Waals surface area contributed by atoms with E-state index in [9.17, 15) is 72.3 Å². The normalized spacial score (nSPS) is 12.1. The van der Waals surface area contributed by atoms with E-state index in [0.29, 0.717) is 47.5 Å². The van der Waals surface area contributed by atoms with Crippen LogP contribution >= 0.6 is 0 Å². The van der Waals surface area contributed by atoms with Crippen molar-refractivity contribution < 1.29 is 191 Å². The van der Waals surface area contributed by atoms with Gasteiger partial charge < -0.3 is 20.4 Å². The molecule has 28 heteroatoms. The topological polar surface area (TPSA) is 359 Å². The van der Waals surface area contributed by atoms with Crippen LogP contribution in [0.5, 0.6) is 23.0 Å². The molecule has 0 aliphatic heterocycles. The Morgan fingerprint density at radius 1 is 0.364 bits per heavy atom. The van der Waals surface area contributed by atoms with Gasteiger partial charge in [-0.3, -0.25) is 18.2 Å². The Hall–Kier alpha value is -2.90. The molecule has 0 amide bonds. The average molecular weight is 1010 g/mol. The predicted octanol–water partition coefficient (Wildman–Crippen LogP) is -6.55. The van der Waals surface area contributed by atoms with Gasteiger partial charge in [-0.1, -0.05) is 60.0 Å². The van der Waals surface area contributed by atoms with Crippen molar-refractivity contribution in [2.24, 2.45) is 20.5 Å². The van der Waals surface area contributed by atoms with Crippen LogP contribution in [0.3, 0.4) is 0 Å². The summed E-state index contributed by atoms with van der Waals surface area (Å²) in [5.41, 5.74) is 1.24. The first kappa shape index (κ1) is 57.4. The smallest absolute Gasteiger partial charge is 0.872 e. The molecule has 0 heterocycles. The van der Waals surface area contributed by atoms with E-state index < -0.39 is 116 Å². The standard InChI is InChI=1S/C38H26N4O16S4.4Na/c43-29-17-27(59(47,48)49)13-23-15-31(61(53,54)55)35(37(45)33(23)29)41-39-25-9-5-21(6-10-25)19-1-2-20(4-3-19)22-7-11-26(12-8-22)40-42-36-32(62(56,57)58)16-24-14-28(60(50,51)52)18-30(44)34(24)38(36)46;;;;/h1-18,43-46H,(H,47,48,49)(H,50,51,52)(H,53,54,55)(H,56,57,58);;;;/q;4*+1/p-4. The second kappa shape index (κ2) is 21.8. The molecular weight excluding hydrogens is 989 g/mol. The van der Waals surface area contributed by atoms with Gasteiger partial charge in [-0.05, 0) is 104 Å². The summed E-state index contributed by atoms with van der Waals surface area (Å²) in [6, 6.07) is 23.2. The number of fused-ring (bicyclic) bond motifs is 2. The van der Waals surface area contributed by atoms with Crippen LogP contribution in [0.15, 0.2) is 149 Å². The van der Waals surface area contributed by atoms with Gasteiger partial charge in [0.2, 0.25) is 0 Å². The molecule has 0 spiro atoms. The largest absolute Gasteiger partial charge is 1.00 e. The molecule has 318 valence electrons. The van der Waals surface area contributed by atoms with Crippen molar-refractivity contribution >= 4 is 84.8 Å². The minimum atomic E-state index is -5.15. The Labute approximate surface area is 463 Å². The summed E-state index contributed by atoms with van der Waals surface area (Å²) in [7, 11) is -20.1. The van der Waals surface area contributed by atoms with E-state index in [2.05, 4.69) is 20.5 Å². The molecule has 0 aliphatic carbocycles. The third-order valence-corrected chi connectivity index (χ3v) is 12.5. The van der Waals surface area contributed by atoms with Crippen LogP contribution in [0, 0.1) is 0 Å². The zero-order valence-corrected chi connectivity index (χ0v) is 45.8. The van der Waals surface area contributed by atoms with Crippen LogP contribution in [-0.2, 0) is 40.5 Å². The molecular formula is C38H22N4Na4O16S4. The minimum Gasteiger partial charge on any atom is -0.872 e. The molecule has 7 rings (SSSR count). The van der Waals surface area contributed by atoms with Crippen LogP contribution in [0.4, 0.5) is 22.7 Å². The summed E-state index contributed by atoms with van der Waals surface area (Å²) in [5.74, 6) is -4.84. The van der Waals surface area contributed by atoms with Gasteiger partial charge in [0.25, 0.3) is 40.5 Å². The van der Waals surface area contributed by atoms with Crippen LogP contribution in [-0.4, -0.2) is 51.9 Å². The zero-order chi connectivity index (χ0) is 45.1. The molecule has 66 heavy (non-hydrogen) atoms. The molecule has 7 aromatic rings. The molecule has 4 N–H and O–H groups in total. The molecule has 0 radical (unpaired) electrons. The summed E-state index contributed by atoms with van der Waals surface area (Å²) in [6.07, 6.45) is 0. The van der Waals surface area contributed by atoms with Crippen molar-refractivity contribution in [2.75, 3.05) is 0 Å². The fraction of sp³-hybridized carbons (Fsp3) is 0. The molecule has 0 atom stereocenters. The van der Waals surface area contributed by atoms with Crippen LogP contribution in [0.1, 0.15) is 0 Å². The molecule has 7 aromatic carbocycles. The maximum Gasteiger partial charge on any atom is 1.00 e. The number of azo groups is 2. The van der Waals surface area contributed by atoms with Crippen molar-refractivity contribution in [3.05, 3.63) is 109 Å². The van der Waals surface area contributed by atoms with Gasteiger partial charge in [-0.25, -0.2) is 0 Å². The predicted molar refractivity (Wildman–Crippen MR) is 211 cm³/mol. The van der Waals surface area contributed by atoms with E-state index in [4.69, 9.17) is 0 Å². The number of benzene rings is 7. The Morgan fingerprint density at radius 3 is 0.894 bits per heavy atom. The Kier molecular flexibility index (Phi) is 19.0. The van der Waals surface area contributed by atoms with Crippen LogP contribution in [0.25, 0.3) is 43.8 Å². The molecule has 0 unspecified atom stereocenters. The van der Waals surface area contributed by atoms with E-state index in [1.165, 1.54) is 24.3 Å². The van der Waals surface area contributed by atoms with E-state index in [-0.39, 0.29) is 130 Å². The average Bonchev–Trinajstić information content (AvgIpc) is 3.18. The fourth-order valence-corrected chi connectivity index (χ4v) is 8.58. The van der Waals surface area contributed by atoms with Gasteiger partial charge in [-0.2, -0.15) is 43.9 Å². The van der Waals surface area contributed by atoms with Gasteiger partial charge in [0.05, 0.1) is 32.5 Å². The van der Waals surface area contributed by atoms with Crippen LogP contribution < -0.4 is 139 Å². The first-order valence-electron chi connectivity index (χ1n) is 16.9.